The fourth-order valence-electron chi connectivity index (χ4n) is 2.21. The second kappa shape index (κ2) is 6.17. The van der Waals surface area contributed by atoms with Crippen LogP contribution in [0.2, 0.25) is 0 Å². The van der Waals surface area contributed by atoms with Crippen LogP contribution in [0, 0.1) is 17.2 Å². The van der Waals surface area contributed by atoms with Crippen LogP contribution in [0.5, 0.6) is 0 Å². The number of carboxylic acids is 1. The Kier molecular flexibility index (Phi) is 4.33. The molecule has 20 heavy (non-hydrogen) atoms. The van der Waals surface area contributed by atoms with Gasteiger partial charge in [0.1, 0.15) is 0 Å². The lowest BCUT2D eigenvalue weighted by Crippen LogP contribution is -2.32. The van der Waals surface area contributed by atoms with Crippen molar-refractivity contribution in [1.82, 2.24) is 4.90 Å². The summed E-state index contributed by atoms with van der Waals surface area (Å²) in [6, 6.07) is 8.60. The predicted molar refractivity (Wildman–Crippen MR) is 72.0 cm³/mol. The Hall–Kier alpha value is -2.39. The van der Waals surface area contributed by atoms with Crippen LogP contribution >= 0.6 is 0 Å². The summed E-state index contributed by atoms with van der Waals surface area (Å²) in [6.45, 7) is 1.22. The number of hydrogen-bond donors (Lipinski definition) is 2. The molecule has 1 unspecified atom stereocenters. The van der Waals surface area contributed by atoms with Crippen LogP contribution in [-0.2, 0) is 9.59 Å². The third-order valence-corrected chi connectivity index (χ3v) is 3.29. The van der Waals surface area contributed by atoms with Crippen LogP contribution < -0.4 is 5.32 Å². The second-order valence-corrected chi connectivity index (χ2v) is 4.80. The van der Waals surface area contributed by atoms with Gasteiger partial charge in [0.2, 0.25) is 5.91 Å². The SMILES string of the molecule is N#Cc1ccc(NC(=O)CN2CCC(C(=O)O)C2)cc1. The standard InChI is InChI=1S/C14H15N3O3/c15-7-10-1-3-12(4-2-10)16-13(18)9-17-6-5-11(8-17)14(19)20/h1-4,11H,5-6,8-9H2,(H,16,18)(H,19,20). The molecule has 1 aromatic rings. The molecule has 6 nitrogen and oxygen atoms in total. The van der Waals surface area contributed by atoms with Crippen molar-refractivity contribution >= 4 is 17.6 Å². The molecular weight excluding hydrogens is 258 g/mol. The van der Waals surface area contributed by atoms with Gasteiger partial charge in [-0.2, -0.15) is 5.26 Å². The van der Waals surface area contributed by atoms with E-state index < -0.39 is 5.97 Å². The highest BCUT2D eigenvalue weighted by molar-refractivity contribution is 5.92. The highest BCUT2D eigenvalue weighted by atomic mass is 16.4. The Bertz CT molecular complexity index is 548. The average Bonchev–Trinajstić information content (AvgIpc) is 2.88. The number of likely N-dealkylation sites (tertiary alicyclic amines) is 1. The molecule has 2 rings (SSSR count). The third kappa shape index (κ3) is 3.56. The van der Waals surface area contributed by atoms with Crippen molar-refractivity contribution in [2.24, 2.45) is 5.92 Å². The van der Waals surface area contributed by atoms with E-state index in [1.807, 2.05) is 11.0 Å². The van der Waals surface area contributed by atoms with E-state index in [1.54, 1.807) is 24.3 Å². The molecule has 1 saturated heterocycles. The van der Waals surface area contributed by atoms with Crippen LogP contribution in [0.25, 0.3) is 0 Å². The minimum Gasteiger partial charge on any atom is -0.481 e. The van der Waals surface area contributed by atoms with Gasteiger partial charge in [-0.05, 0) is 37.2 Å². The molecule has 1 aliphatic heterocycles. The molecule has 1 aliphatic rings. The summed E-state index contributed by atoms with van der Waals surface area (Å²) in [5.41, 5.74) is 1.16. The number of carbonyl (C=O) groups excluding carboxylic acids is 1. The Balaban J connectivity index is 1.84. The van der Waals surface area contributed by atoms with E-state index in [2.05, 4.69) is 5.32 Å². The van der Waals surface area contributed by atoms with Gasteiger partial charge >= 0.3 is 5.97 Å². The summed E-state index contributed by atoms with van der Waals surface area (Å²) >= 11 is 0. The molecule has 0 bridgehead atoms. The summed E-state index contributed by atoms with van der Waals surface area (Å²) in [5, 5.41) is 20.3. The van der Waals surface area contributed by atoms with Crippen molar-refractivity contribution < 1.29 is 14.7 Å². The van der Waals surface area contributed by atoms with Gasteiger partial charge in [0.25, 0.3) is 0 Å². The van der Waals surface area contributed by atoms with Gasteiger partial charge in [-0.25, -0.2) is 0 Å². The van der Waals surface area contributed by atoms with Crippen LogP contribution in [0.15, 0.2) is 24.3 Å². The molecule has 1 heterocycles. The number of nitrogens with one attached hydrogen (secondary N) is 1. The smallest absolute Gasteiger partial charge is 0.307 e. The number of benzene rings is 1. The molecule has 1 aromatic carbocycles. The first kappa shape index (κ1) is 14.0. The van der Waals surface area contributed by atoms with Gasteiger partial charge in [-0.1, -0.05) is 0 Å². The quantitative estimate of drug-likeness (QED) is 0.850. The van der Waals surface area contributed by atoms with Gasteiger partial charge in [-0.3, -0.25) is 14.5 Å². The molecule has 1 fully saturated rings. The topological polar surface area (TPSA) is 93.4 Å². The summed E-state index contributed by atoms with van der Waals surface area (Å²) in [6.07, 6.45) is 0.583. The Morgan fingerprint density at radius 3 is 2.65 bits per heavy atom. The van der Waals surface area contributed by atoms with Gasteiger partial charge in [-0.15, -0.1) is 0 Å². The number of rotatable bonds is 4. The summed E-state index contributed by atoms with van der Waals surface area (Å²) in [4.78, 5) is 24.5. The number of aliphatic carboxylic acids is 1. The number of carboxylic acid groups (broad SMARTS) is 1. The molecule has 0 aromatic heterocycles. The lowest BCUT2D eigenvalue weighted by molar-refractivity contribution is -0.141. The van der Waals surface area contributed by atoms with Crippen molar-refractivity contribution in [2.75, 3.05) is 25.0 Å². The van der Waals surface area contributed by atoms with Gasteiger partial charge in [0, 0.05) is 12.2 Å². The normalized spacial score (nSPS) is 18.4. The molecule has 1 amide bonds. The lowest BCUT2D eigenvalue weighted by Gasteiger charge is -2.14. The van der Waals surface area contributed by atoms with Crippen molar-refractivity contribution in [1.29, 1.82) is 5.26 Å². The third-order valence-electron chi connectivity index (χ3n) is 3.29. The summed E-state index contributed by atoms with van der Waals surface area (Å²) < 4.78 is 0. The van der Waals surface area contributed by atoms with Crippen LogP contribution in [-0.4, -0.2) is 41.5 Å². The molecule has 2 N–H and O–H groups in total. The molecule has 1 atom stereocenters. The molecule has 0 saturated carbocycles. The first-order valence-electron chi connectivity index (χ1n) is 6.33. The maximum absolute atomic E-state index is 11.8. The van der Waals surface area contributed by atoms with Crippen molar-refractivity contribution in [3.8, 4) is 6.07 Å². The van der Waals surface area contributed by atoms with Crippen LogP contribution in [0.4, 0.5) is 5.69 Å². The number of carbonyl (C=O) groups is 2. The molecule has 0 aliphatic carbocycles. The molecule has 0 spiro atoms. The van der Waals surface area contributed by atoms with Gasteiger partial charge in [0.05, 0.1) is 24.1 Å². The Morgan fingerprint density at radius 1 is 1.40 bits per heavy atom. The second-order valence-electron chi connectivity index (χ2n) is 4.80. The minimum absolute atomic E-state index is 0.180. The van der Waals surface area contributed by atoms with E-state index in [4.69, 9.17) is 10.4 Å². The number of nitriles is 1. The fraction of sp³-hybridized carbons (Fsp3) is 0.357. The largest absolute Gasteiger partial charge is 0.481 e. The number of nitrogens with zero attached hydrogens (tertiary/aromatic N) is 2. The first-order valence-corrected chi connectivity index (χ1v) is 6.33. The van der Waals surface area contributed by atoms with Crippen molar-refractivity contribution in [3.05, 3.63) is 29.8 Å². The first-order chi connectivity index (χ1) is 9.58. The van der Waals surface area contributed by atoms with Crippen LogP contribution in [0.1, 0.15) is 12.0 Å². The van der Waals surface area contributed by atoms with E-state index in [0.717, 1.165) is 0 Å². The zero-order chi connectivity index (χ0) is 14.5. The highest BCUT2D eigenvalue weighted by Crippen LogP contribution is 2.16. The Labute approximate surface area is 116 Å². The number of anilines is 1. The van der Waals surface area contributed by atoms with Gasteiger partial charge in [0.15, 0.2) is 0 Å². The molecule has 104 valence electrons. The van der Waals surface area contributed by atoms with E-state index in [9.17, 15) is 9.59 Å². The maximum atomic E-state index is 11.8. The van der Waals surface area contributed by atoms with E-state index in [0.29, 0.717) is 30.8 Å². The molecule has 6 heteroatoms. The van der Waals surface area contributed by atoms with E-state index >= 15 is 0 Å². The van der Waals surface area contributed by atoms with Crippen molar-refractivity contribution in [2.45, 2.75) is 6.42 Å². The summed E-state index contributed by atoms with van der Waals surface area (Å²) in [7, 11) is 0. The Morgan fingerprint density at radius 2 is 2.10 bits per heavy atom. The number of amides is 1. The zero-order valence-corrected chi connectivity index (χ0v) is 10.9. The number of hydrogen-bond acceptors (Lipinski definition) is 4. The zero-order valence-electron chi connectivity index (χ0n) is 10.9. The average molecular weight is 273 g/mol. The minimum atomic E-state index is -0.806. The van der Waals surface area contributed by atoms with Crippen LogP contribution in [0.3, 0.4) is 0 Å². The monoisotopic (exact) mass is 273 g/mol. The molecular formula is C14H15N3O3. The fourth-order valence-corrected chi connectivity index (χ4v) is 2.21. The van der Waals surface area contributed by atoms with Gasteiger partial charge < -0.3 is 10.4 Å². The van der Waals surface area contributed by atoms with Crippen molar-refractivity contribution in [3.63, 3.8) is 0 Å². The molecule has 0 radical (unpaired) electrons. The predicted octanol–water partition coefficient (Wildman–Crippen LogP) is 0.903. The summed E-state index contributed by atoms with van der Waals surface area (Å²) in [5.74, 6) is -1.36. The van der Waals surface area contributed by atoms with E-state index in [-0.39, 0.29) is 18.4 Å². The van der Waals surface area contributed by atoms with E-state index in [1.165, 1.54) is 0 Å². The maximum Gasteiger partial charge on any atom is 0.307 e. The lowest BCUT2D eigenvalue weighted by atomic mass is 10.1. The highest BCUT2D eigenvalue weighted by Gasteiger charge is 2.28.